The molecule has 2 aliphatic carbocycles. The van der Waals surface area contributed by atoms with Crippen LogP contribution in [0.1, 0.15) is 74.7 Å². The molecule has 0 aromatic heterocycles. The molecule has 4 aliphatic rings. The van der Waals surface area contributed by atoms with Crippen molar-refractivity contribution in [1.82, 2.24) is 0 Å². The quantitative estimate of drug-likeness (QED) is 0.190. The summed E-state index contributed by atoms with van der Waals surface area (Å²) in [5.41, 5.74) is -4.55. The lowest BCUT2D eigenvalue weighted by atomic mass is 9.52. The van der Waals surface area contributed by atoms with E-state index in [-0.39, 0.29) is 18.4 Å². The van der Waals surface area contributed by atoms with Gasteiger partial charge in [0.25, 0.3) is 0 Å². The van der Waals surface area contributed by atoms with Crippen LogP contribution in [-0.4, -0.2) is 94.0 Å². The average molecular weight is 611 g/mol. The smallest absolute Gasteiger partial charge is 0.342 e. The predicted molar refractivity (Wildman–Crippen MR) is 145 cm³/mol. The van der Waals surface area contributed by atoms with Gasteiger partial charge in [0.05, 0.1) is 11.5 Å². The van der Waals surface area contributed by atoms with Crippen molar-refractivity contribution in [3.05, 3.63) is 11.6 Å². The second kappa shape index (κ2) is 11.5. The number of epoxide rings is 1. The highest BCUT2D eigenvalue weighted by Crippen LogP contribution is 2.65. The molecule has 2 saturated heterocycles. The highest BCUT2D eigenvalue weighted by Gasteiger charge is 2.87. The molecule has 12 atom stereocenters. The topological polar surface area (TPSA) is 184 Å². The Kier molecular flexibility index (Phi) is 8.77. The van der Waals surface area contributed by atoms with Crippen molar-refractivity contribution in [2.24, 2.45) is 17.3 Å². The molecular weight excluding hydrogens is 568 g/mol. The van der Waals surface area contributed by atoms with Crippen molar-refractivity contribution in [3.63, 3.8) is 0 Å². The van der Waals surface area contributed by atoms with Crippen LogP contribution in [0.3, 0.4) is 0 Å². The Morgan fingerprint density at radius 2 is 1.56 bits per heavy atom. The van der Waals surface area contributed by atoms with Gasteiger partial charge in [-0.05, 0) is 37.8 Å². The Hall–Kier alpha value is -3.03. The van der Waals surface area contributed by atoms with E-state index in [2.05, 4.69) is 0 Å². The standard InChI is InChI=1S/C30H42O13/c1-9-10-21(35)42-24-13(2)11-20-30(29(8,43-30)27(37)41-20)25(39-16(5)32)22-14(3)18(34)12-19(38-15(4)31)28(22,7)26(23(24)36)40-17(6)33/h11,14,18-20,22-26,34,36H,9-10,12H2,1-8H3/b13-11-/t14-,18-,19-,20-,22+,23-,24+,25-,26-,28-,29+,30-/m0/s1. The summed E-state index contributed by atoms with van der Waals surface area (Å²) in [7, 11) is 0. The van der Waals surface area contributed by atoms with Crippen LogP contribution in [0.2, 0.25) is 0 Å². The number of esters is 5. The number of carbonyl (C=O) groups is 5. The molecule has 3 fully saturated rings. The lowest BCUT2D eigenvalue weighted by Crippen LogP contribution is -2.69. The highest BCUT2D eigenvalue weighted by molar-refractivity contribution is 5.89. The molecule has 43 heavy (non-hydrogen) atoms. The van der Waals surface area contributed by atoms with Crippen molar-refractivity contribution >= 4 is 29.8 Å². The fraction of sp³-hybridized carbons (Fsp3) is 0.767. The number of fused-ring (bicyclic) bond motifs is 1. The van der Waals surface area contributed by atoms with Gasteiger partial charge < -0.3 is 38.6 Å². The fourth-order valence-corrected chi connectivity index (χ4v) is 7.54. The van der Waals surface area contributed by atoms with Gasteiger partial charge in [-0.3, -0.25) is 19.2 Å². The van der Waals surface area contributed by atoms with Gasteiger partial charge in [-0.1, -0.05) is 20.8 Å². The number of aliphatic hydroxyl groups excluding tert-OH is 2. The van der Waals surface area contributed by atoms with Crippen LogP contribution in [-0.2, 0) is 52.4 Å². The monoisotopic (exact) mass is 610 g/mol. The van der Waals surface area contributed by atoms with Gasteiger partial charge in [-0.2, -0.15) is 0 Å². The summed E-state index contributed by atoms with van der Waals surface area (Å²) in [6.07, 6.45) is -7.63. The molecular formula is C30H42O13. The summed E-state index contributed by atoms with van der Waals surface area (Å²) in [4.78, 5) is 63.7. The molecule has 1 saturated carbocycles. The molecule has 13 nitrogen and oxygen atoms in total. The van der Waals surface area contributed by atoms with E-state index < -0.39 is 101 Å². The van der Waals surface area contributed by atoms with Crippen molar-refractivity contribution < 1.29 is 62.6 Å². The third kappa shape index (κ3) is 5.22. The van der Waals surface area contributed by atoms with E-state index >= 15 is 0 Å². The number of carbonyl (C=O) groups excluding carboxylic acids is 5. The average Bonchev–Trinajstić information content (AvgIpc) is 3.48. The van der Waals surface area contributed by atoms with Crippen molar-refractivity contribution in [1.29, 1.82) is 0 Å². The van der Waals surface area contributed by atoms with Crippen LogP contribution in [0, 0.1) is 17.3 Å². The zero-order chi connectivity index (χ0) is 32.2. The van der Waals surface area contributed by atoms with E-state index in [1.165, 1.54) is 26.8 Å². The van der Waals surface area contributed by atoms with E-state index in [4.69, 9.17) is 28.4 Å². The highest BCUT2D eigenvalue weighted by atomic mass is 16.7. The van der Waals surface area contributed by atoms with E-state index in [9.17, 15) is 34.2 Å². The third-order valence-electron chi connectivity index (χ3n) is 9.62. The minimum Gasteiger partial charge on any atom is -0.462 e. The van der Waals surface area contributed by atoms with Gasteiger partial charge in [0.2, 0.25) is 0 Å². The van der Waals surface area contributed by atoms with Gasteiger partial charge in [0, 0.05) is 39.5 Å². The van der Waals surface area contributed by atoms with Crippen molar-refractivity contribution in [3.8, 4) is 0 Å². The number of ether oxygens (including phenoxy) is 6. The number of rotatable bonds is 6. The summed E-state index contributed by atoms with van der Waals surface area (Å²) in [5, 5.41) is 23.3. The minimum atomic E-state index is -1.73. The molecule has 1 spiro atoms. The van der Waals surface area contributed by atoms with E-state index in [1.54, 1.807) is 27.7 Å². The summed E-state index contributed by atoms with van der Waals surface area (Å²) >= 11 is 0. The molecule has 13 heteroatoms. The van der Waals surface area contributed by atoms with Crippen molar-refractivity contribution in [2.45, 2.75) is 129 Å². The first kappa shape index (κ1) is 32.9. The molecule has 2 aliphatic heterocycles. The first-order chi connectivity index (χ1) is 19.9. The lowest BCUT2D eigenvalue weighted by Gasteiger charge is -2.57. The van der Waals surface area contributed by atoms with Crippen molar-refractivity contribution in [2.75, 3.05) is 0 Å². The number of aliphatic hydroxyl groups is 2. The molecule has 2 heterocycles. The van der Waals surface area contributed by atoms with Crippen LogP contribution >= 0.6 is 0 Å². The molecule has 4 rings (SSSR count). The fourth-order valence-electron chi connectivity index (χ4n) is 7.54. The van der Waals surface area contributed by atoms with Gasteiger partial charge in [-0.15, -0.1) is 0 Å². The van der Waals surface area contributed by atoms with Crippen LogP contribution in [0.25, 0.3) is 0 Å². The molecule has 0 radical (unpaired) electrons. The van der Waals surface area contributed by atoms with Gasteiger partial charge >= 0.3 is 29.8 Å². The van der Waals surface area contributed by atoms with E-state index in [1.807, 2.05) is 0 Å². The van der Waals surface area contributed by atoms with Crippen LogP contribution in [0.4, 0.5) is 0 Å². The molecule has 0 amide bonds. The molecule has 2 N–H and O–H groups in total. The Morgan fingerprint density at radius 1 is 0.977 bits per heavy atom. The normalized spacial score (nSPS) is 44.7. The number of hydrogen-bond donors (Lipinski definition) is 2. The van der Waals surface area contributed by atoms with Crippen LogP contribution in [0.15, 0.2) is 11.6 Å². The maximum atomic E-state index is 13.2. The first-order valence-electron chi connectivity index (χ1n) is 14.6. The molecule has 0 aromatic rings. The van der Waals surface area contributed by atoms with Crippen LogP contribution < -0.4 is 0 Å². The Labute approximate surface area is 250 Å². The SMILES string of the molecule is CCCC(=O)O[C@@H]1/C(C)=C\[C@@H]2OC(=O)[C@@]3(C)O[C@]23[C@@H](OC(C)=O)[C@H]2[C@@H](C)[C@@H](O)C[C@H](OC(C)=O)[C@]2(C)[C@@H](OC(C)=O)[C@H]1O. The van der Waals surface area contributed by atoms with Gasteiger partial charge in [0.15, 0.2) is 23.4 Å². The minimum absolute atomic E-state index is 0.0337. The van der Waals surface area contributed by atoms with Crippen LogP contribution in [0.5, 0.6) is 0 Å². The Balaban J connectivity index is 2.07. The molecule has 0 bridgehead atoms. The van der Waals surface area contributed by atoms with E-state index in [0.29, 0.717) is 6.42 Å². The maximum absolute atomic E-state index is 13.2. The Bertz CT molecular complexity index is 1210. The second-order valence-electron chi connectivity index (χ2n) is 12.5. The summed E-state index contributed by atoms with van der Waals surface area (Å²) in [5.74, 6) is -5.42. The first-order valence-corrected chi connectivity index (χ1v) is 14.6. The lowest BCUT2D eigenvalue weighted by molar-refractivity contribution is -0.249. The third-order valence-corrected chi connectivity index (χ3v) is 9.62. The maximum Gasteiger partial charge on any atom is 0.342 e. The Morgan fingerprint density at radius 3 is 2.09 bits per heavy atom. The summed E-state index contributed by atoms with van der Waals surface area (Å²) < 4.78 is 35.2. The summed E-state index contributed by atoms with van der Waals surface area (Å²) in [6, 6.07) is 0. The molecule has 0 unspecified atom stereocenters. The largest absolute Gasteiger partial charge is 0.462 e. The molecule has 240 valence electrons. The van der Waals surface area contributed by atoms with Gasteiger partial charge in [0.1, 0.15) is 24.4 Å². The zero-order valence-corrected chi connectivity index (χ0v) is 25.8. The molecule has 0 aromatic carbocycles. The summed E-state index contributed by atoms with van der Waals surface area (Å²) in [6.45, 7) is 11.6. The van der Waals surface area contributed by atoms with Gasteiger partial charge in [-0.25, -0.2) is 4.79 Å². The number of hydrogen-bond acceptors (Lipinski definition) is 13. The second-order valence-corrected chi connectivity index (χ2v) is 12.5. The predicted octanol–water partition coefficient (Wildman–Crippen LogP) is 1.29. The zero-order valence-electron chi connectivity index (χ0n) is 25.8. The van der Waals surface area contributed by atoms with E-state index in [0.717, 1.165) is 6.92 Å².